The Balaban J connectivity index is 2.18. The highest BCUT2D eigenvalue weighted by atomic mass is 79.9. The summed E-state index contributed by atoms with van der Waals surface area (Å²) in [6, 6.07) is 11.0. The quantitative estimate of drug-likeness (QED) is 0.902. The summed E-state index contributed by atoms with van der Waals surface area (Å²) in [5.41, 5.74) is 5.93. The molecule has 0 spiro atoms. The van der Waals surface area contributed by atoms with E-state index in [1.54, 1.807) is 30.3 Å². The zero-order valence-corrected chi connectivity index (χ0v) is 11.4. The standard InChI is InChI=1S/C13H11BrN2O3/c14-10-7-6-9(19-10)13(18)16-11(12(15)17)8-4-2-1-3-5-8/h1-7,11H,(H2,15,17)(H,16,18)/t11-/m0/s1. The van der Waals surface area contributed by atoms with E-state index in [0.29, 0.717) is 10.2 Å². The van der Waals surface area contributed by atoms with Crippen molar-refractivity contribution in [1.29, 1.82) is 0 Å². The van der Waals surface area contributed by atoms with E-state index in [-0.39, 0.29) is 5.76 Å². The van der Waals surface area contributed by atoms with Gasteiger partial charge in [0.1, 0.15) is 6.04 Å². The van der Waals surface area contributed by atoms with Crippen molar-refractivity contribution in [3.8, 4) is 0 Å². The van der Waals surface area contributed by atoms with E-state index in [9.17, 15) is 9.59 Å². The van der Waals surface area contributed by atoms with Crippen molar-refractivity contribution in [3.05, 3.63) is 58.5 Å². The summed E-state index contributed by atoms with van der Waals surface area (Å²) in [6.07, 6.45) is 0. The smallest absolute Gasteiger partial charge is 0.287 e. The van der Waals surface area contributed by atoms with E-state index in [1.165, 1.54) is 6.07 Å². The molecule has 0 saturated heterocycles. The summed E-state index contributed by atoms with van der Waals surface area (Å²) in [5.74, 6) is -1.03. The lowest BCUT2D eigenvalue weighted by molar-refractivity contribution is -0.120. The van der Waals surface area contributed by atoms with E-state index in [2.05, 4.69) is 21.2 Å². The van der Waals surface area contributed by atoms with Crippen LogP contribution in [0.5, 0.6) is 0 Å². The molecule has 2 rings (SSSR count). The normalized spacial score (nSPS) is 11.8. The first kappa shape index (κ1) is 13.4. The summed E-state index contributed by atoms with van der Waals surface area (Å²) >= 11 is 3.10. The Morgan fingerprint density at radius 3 is 2.37 bits per heavy atom. The van der Waals surface area contributed by atoms with Gasteiger partial charge in [-0.3, -0.25) is 9.59 Å². The van der Waals surface area contributed by atoms with Crippen molar-refractivity contribution in [2.24, 2.45) is 5.73 Å². The van der Waals surface area contributed by atoms with Crippen LogP contribution < -0.4 is 11.1 Å². The molecule has 0 fully saturated rings. The van der Waals surface area contributed by atoms with Crippen molar-refractivity contribution in [2.45, 2.75) is 6.04 Å². The van der Waals surface area contributed by atoms with Gasteiger partial charge in [-0.2, -0.15) is 0 Å². The van der Waals surface area contributed by atoms with Crippen LogP contribution in [0, 0.1) is 0 Å². The average molecular weight is 323 g/mol. The molecule has 0 bridgehead atoms. The minimum Gasteiger partial charge on any atom is -0.444 e. The van der Waals surface area contributed by atoms with Crippen LogP contribution in [0.1, 0.15) is 22.2 Å². The van der Waals surface area contributed by atoms with Crippen molar-refractivity contribution in [3.63, 3.8) is 0 Å². The monoisotopic (exact) mass is 322 g/mol. The van der Waals surface area contributed by atoms with Crippen molar-refractivity contribution in [1.82, 2.24) is 5.32 Å². The van der Waals surface area contributed by atoms with E-state index in [1.807, 2.05) is 6.07 Å². The molecule has 19 heavy (non-hydrogen) atoms. The predicted octanol–water partition coefficient (Wildman–Crippen LogP) is 2.00. The third kappa shape index (κ3) is 3.23. The minimum absolute atomic E-state index is 0.106. The molecule has 2 aromatic rings. The zero-order valence-electron chi connectivity index (χ0n) is 9.80. The van der Waals surface area contributed by atoms with Crippen LogP contribution >= 0.6 is 15.9 Å². The van der Waals surface area contributed by atoms with Crippen LogP contribution in [0.3, 0.4) is 0 Å². The molecule has 1 aromatic heterocycles. The molecule has 1 aromatic carbocycles. The Kier molecular flexibility index (Phi) is 4.01. The van der Waals surface area contributed by atoms with Gasteiger partial charge in [0.25, 0.3) is 5.91 Å². The van der Waals surface area contributed by atoms with Crippen LogP contribution in [0.15, 0.2) is 51.6 Å². The highest BCUT2D eigenvalue weighted by molar-refractivity contribution is 9.10. The third-order valence-corrected chi connectivity index (χ3v) is 2.92. The van der Waals surface area contributed by atoms with Gasteiger partial charge in [0, 0.05) is 0 Å². The molecule has 0 aliphatic carbocycles. The topological polar surface area (TPSA) is 85.3 Å². The van der Waals surface area contributed by atoms with Gasteiger partial charge in [-0.1, -0.05) is 30.3 Å². The first-order valence-corrected chi connectivity index (χ1v) is 6.27. The van der Waals surface area contributed by atoms with Gasteiger partial charge in [0.2, 0.25) is 5.91 Å². The average Bonchev–Trinajstić information content (AvgIpc) is 2.83. The van der Waals surface area contributed by atoms with Crippen molar-refractivity contribution in [2.75, 3.05) is 0 Å². The van der Waals surface area contributed by atoms with Crippen molar-refractivity contribution >= 4 is 27.7 Å². The fourth-order valence-corrected chi connectivity index (χ4v) is 1.91. The Hall–Kier alpha value is -2.08. The fourth-order valence-electron chi connectivity index (χ4n) is 1.60. The number of primary amides is 1. The molecule has 98 valence electrons. The lowest BCUT2D eigenvalue weighted by Crippen LogP contribution is -2.37. The lowest BCUT2D eigenvalue weighted by atomic mass is 10.1. The van der Waals surface area contributed by atoms with E-state index in [4.69, 9.17) is 10.2 Å². The Morgan fingerprint density at radius 2 is 1.84 bits per heavy atom. The first-order valence-electron chi connectivity index (χ1n) is 5.48. The number of furan rings is 1. The summed E-state index contributed by atoms with van der Waals surface area (Å²) in [5, 5.41) is 2.53. The Labute approximate surface area is 117 Å². The highest BCUT2D eigenvalue weighted by Gasteiger charge is 2.22. The number of rotatable bonds is 4. The summed E-state index contributed by atoms with van der Waals surface area (Å²) in [6.45, 7) is 0. The molecule has 3 N–H and O–H groups in total. The molecule has 0 radical (unpaired) electrons. The molecule has 2 amide bonds. The molecule has 0 unspecified atom stereocenters. The number of benzene rings is 1. The van der Waals surface area contributed by atoms with Crippen LogP contribution in [-0.4, -0.2) is 11.8 Å². The van der Waals surface area contributed by atoms with Crippen LogP contribution in [-0.2, 0) is 4.79 Å². The third-order valence-electron chi connectivity index (χ3n) is 2.49. The number of nitrogens with one attached hydrogen (secondary N) is 1. The molecule has 1 atom stereocenters. The lowest BCUT2D eigenvalue weighted by Gasteiger charge is -2.14. The summed E-state index contributed by atoms with van der Waals surface area (Å²) in [7, 11) is 0. The number of hydrogen-bond donors (Lipinski definition) is 2. The van der Waals surface area contributed by atoms with E-state index >= 15 is 0 Å². The number of nitrogens with two attached hydrogens (primary N) is 1. The first-order chi connectivity index (χ1) is 9.08. The van der Waals surface area contributed by atoms with E-state index in [0.717, 1.165) is 0 Å². The van der Waals surface area contributed by atoms with Gasteiger partial charge in [0.05, 0.1) is 0 Å². The largest absolute Gasteiger partial charge is 0.444 e. The molecular weight excluding hydrogens is 312 g/mol. The van der Waals surface area contributed by atoms with Gasteiger partial charge in [-0.25, -0.2) is 0 Å². The van der Waals surface area contributed by atoms with Gasteiger partial charge in [-0.15, -0.1) is 0 Å². The Bertz CT molecular complexity index is 595. The number of carbonyl (C=O) groups is 2. The number of halogens is 1. The van der Waals surface area contributed by atoms with Crippen LogP contribution in [0.25, 0.3) is 0 Å². The van der Waals surface area contributed by atoms with E-state index < -0.39 is 17.9 Å². The predicted molar refractivity (Wildman–Crippen MR) is 72.3 cm³/mol. The maximum Gasteiger partial charge on any atom is 0.287 e. The summed E-state index contributed by atoms with van der Waals surface area (Å²) < 4.78 is 5.55. The van der Waals surface area contributed by atoms with Gasteiger partial charge >= 0.3 is 0 Å². The second-order valence-electron chi connectivity index (χ2n) is 3.82. The SMILES string of the molecule is NC(=O)[C@@H](NC(=O)c1ccc(Br)o1)c1ccccc1. The Morgan fingerprint density at radius 1 is 1.16 bits per heavy atom. The number of hydrogen-bond acceptors (Lipinski definition) is 3. The van der Waals surface area contributed by atoms with Gasteiger partial charge in [-0.05, 0) is 33.6 Å². The molecule has 0 aliphatic rings. The van der Waals surface area contributed by atoms with Crippen LogP contribution in [0.2, 0.25) is 0 Å². The zero-order chi connectivity index (χ0) is 13.8. The molecule has 1 heterocycles. The molecule has 5 nitrogen and oxygen atoms in total. The second kappa shape index (κ2) is 5.71. The number of amides is 2. The highest BCUT2D eigenvalue weighted by Crippen LogP contribution is 2.16. The maximum atomic E-state index is 11.9. The molecule has 0 aliphatic heterocycles. The number of carbonyl (C=O) groups excluding carboxylic acids is 2. The second-order valence-corrected chi connectivity index (χ2v) is 4.60. The molecule has 0 saturated carbocycles. The van der Waals surface area contributed by atoms with Gasteiger partial charge < -0.3 is 15.5 Å². The van der Waals surface area contributed by atoms with Crippen LogP contribution in [0.4, 0.5) is 0 Å². The van der Waals surface area contributed by atoms with Gasteiger partial charge in [0.15, 0.2) is 10.4 Å². The molecule has 6 heteroatoms. The van der Waals surface area contributed by atoms with Crippen molar-refractivity contribution < 1.29 is 14.0 Å². The fraction of sp³-hybridized carbons (Fsp3) is 0.0769. The molecular formula is C13H11BrN2O3. The maximum absolute atomic E-state index is 11.9. The minimum atomic E-state index is -0.891. The summed E-state index contributed by atoms with van der Waals surface area (Å²) in [4.78, 5) is 23.4.